The second-order valence-corrected chi connectivity index (χ2v) is 11.7. The third-order valence-electron chi connectivity index (χ3n) is 6.76. The van der Waals surface area contributed by atoms with E-state index in [0.717, 1.165) is 6.92 Å². The van der Waals surface area contributed by atoms with Gasteiger partial charge in [0, 0.05) is 7.05 Å². The number of halogens is 1. The number of carbonyl (C=O) groups is 1. The van der Waals surface area contributed by atoms with Gasteiger partial charge in [0.05, 0.1) is 12.4 Å². The van der Waals surface area contributed by atoms with Crippen LogP contribution in [0.25, 0.3) is 11.2 Å². The zero-order chi connectivity index (χ0) is 29.0. The van der Waals surface area contributed by atoms with Gasteiger partial charge >= 0.3 is 13.7 Å². The Bertz CT molecular complexity index is 1470. The predicted molar refractivity (Wildman–Crippen MR) is 141 cm³/mol. The number of benzene rings is 1. The molecule has 1 saturated heterocycles. The average Bonchev–Trinajstić information content (AvgIpc) is 3.14. The first-order valence-corrected chi connectivity index (χ1v) is 14.1. The van der Waals surface area contributed by atoms with E-state index in [0.29, 0.717) is 11.3 Å². The summed E-state index contributed by atoms with van der Waals surface area (Å²) in [5.74, 6) is -0.284. The van der Waals surface area contributed by atoms with Crippen LogP contribution >= 0.6 is 7.75 Å². The highest BCUT2D eigenvalue weighted by Gasteiger charge is 2.85. The normalized spacial score (nSPS) is 29.6. The number of ether oxygens (including phenoxy) is 2. The molecule has 1 aliphatic heterocycles. The van der Waals surface area contributed by atoms with Gasteiger partial charge in [-0.3, -0.25) is 13.9 Å². The maximum absolute atomic E-state index is 16.4. The number of fused-ring (bicyclic) bond motifs is 2. The summed E-state index contributed by atoms with van der Waals surface area (Å²) in [6.07, 6.45) is -3.14. The van der Waals surface area contributed by atoms with Crippen molar-refractivity contribution in [3.05, 3.63) is 36.7 Å². The molecule has 0 bridgehead atoms. The summed E-state index contributed by atoms with van der Waals surface area (Å²) >= 11 is 0. The maximum Gasteiger partial charge on any atom is 0.459 e. The third kappa shape index (κ3) is 4.67. The van der Waals surface area contributed by atoms with E-state index in [1.165, 1.54) is 30.0 Å². The van der Waals surface area contributed by atoms with E-state index < -0.39 is 55.6 Å². The number of anilines is 2. The van der Waals surface area contributed by atoms with Crippen LogP contribution in [0.3, 0.4) is 0 Å². The summed E-state index contributed by atoms with van der Waals surface area (Å²) in [5.41, 5.74) is 1.61. The Labute approximate surface area is 229 Å². The molecule has 0 radical (unpaired) electrons. The van der Waals surface area contributed by atoms with E-state index in [1.54, 1.807) is 39.1 Å². The fourth-order valence-corrected chi connectivity index (χ4v) is 6.43. The number of rotatable bonds is 10. The van der Waals surface area contributed by atoms with Crippen molar-refractivity contribution >= 4 is 36.6 Å². The van der Waals surface area contributed by atoms with Gasteiger partial charge in [0.2, 0.25) is 5.95 Å². The minimum absolute atomic E-state index is 0.0718. The van der Waals surface area contributed by atoms with Crippen LogP contribution in [-0.4, -0.2) is 73.3 Å². The number of hydrogen-bond acceptors (Lipinski definition) is 12. The van der Waals surface area contributed by atoms with Gasteiger partial charge in [0.15, 0.2) is 34.5 Å². The molecule has 0 spiro atoms. The molecule has 2 aromatic heterocycles. The molecule has 1 saturated carbocycles. The summed E-state index contributed by atoms with van der Waals surface area (Å²) in [6, 6.07) is 6.95. The molecule has 5 N–H and O–H groups in total. The molecule has 1 aliphatic carbocycles. The molecule has 3 aromatic rings. The number of hydrogen-bond donors (Lipinski definition) is 4. The van der Waals surface area contributed by atoms with Crippen molar-refractivity contribution in [1.82, 2.24) is 24.6 Å². The smallest absolute Gasteiger partial charge is 0.459 e. The molecular formula is C24H31FN7O7P. The molecule has 3 heterocycles. The lowest BCUT2D eigenvalue weighted by atomic mass is 9.97. The Balaban J connectivity index is 1.40. The molecule has 2 unspecified atom stereocenters. The van der Waals surface area contributed by atoms with Crippen LogP contribution in [0.15, 0.2) is 36.7 Å². The van der Waals surface area contributed by atoms with Crippen molar-refractivity contribution in [1.29, 1.82) is 0 Å². The Morgan fingerprint density at radius 2 is 1.98 bits per heavy atom. The number of aliphatic hydroxyl groups is 1. The van der Waals surface area contributed by atoms with Crippen LogP contribution in [0, 0.1) is 0 Å². The predicted octanol–water partition coefficient (Wildman–Crippen LogP) is 2.32. The highest BCUT2D eigenvalue weighted by molar-refractivity contribution is 7.52. The summed E-state index contributed by atoms with van der Waals surface area (Å²) in [6.45, 7) is 5.89. The number of nitrogens with zero attached hydrogens (tertiary/aromatic N) is 4. The van der Waals surface area contributed by atoms with Crippen molar-refractivity contribution in [2.45, 2.75) is 69.5 Å². The van der Waals surface area contributed by atoms with E-state index >= 15 is 4.39 Å². The van der Waals surface area contributed by atoms with Gasteiger partial charge in [-0.15, -0.1) is 0 Å². The van der Waals surface area contributed by atoms with Crippen LogP contribution < -0.4 is 20.7 Å². The zero-order valence-electron chi connectivity index (χ0n) is 22.4. The quantitative estimate of drug-likeness (QED) is 0.203. The number of nitrogen functional groups attached to an aromatic ring is 1. The zero-order valence-corrected chi connectivity index (χ0v) is 23.3. The Morgan fingerprint density at radius 3 is 2.58 bits per heavy atom. The third-order valence-corrected chi connectivity index (χ3v) is 8.42. The monoisotopic (exact) mass is 579 g/mol. The first-order valence-electron chi connectivity index (χ1n) is 12.6. The highest BCUT2D eigenvalue weighted by atomic mass is 31.2. The van der Waals surface area contributed by atoms with Crippen molar-refractivity contribution in [2.24, 2.45) is 0 Å². The molecular weight excluding hydrogens is 548 g/mol. The Hall–Kier alpha value is -3.36. The summed E-state index contributed by atoms with van der Waals surface area (Å²) in [4.78, 5) is 24.9. The van der Waals surface area contributed by atoms with Gasteiger partial charge in [0.1, 0.15) is 24.0 Å². The van der Waals surface area contributed by atoms with Crippen LogP contribution in [0.5, 0.6) is 5.75 Å². The first kappa shape index (κ1) is 28.2. The first-order chi connectivity index (χ1) is 18.8. The molecule has 216 valence electrons. The number of aromatic nitrogens is 4. The van der Waals surface area contributed by atoms with Crippen LogP contribution in [-0.2, 0) is 23.4 Å². The summed E-state index contributed by atoms with van der Waals surface area (Å²) in [7, 11) is -2.78. The molecule has 40 heavy (non-hydrogen) atoms. The van der Waals surface area contributed by atoms with Crippen molar-refractivity contribution in [3.63, 3.8) is 0 Å². The molecule has 1 aromatic carbocycles. The number of esters is 1. The molecule has 0 amide bonds. The molecule has 2 fully saturated rings. The number of nitrogens with two attached hydrogens (primary N) is 1. The van der Waals surface area contributed by atoms with Gasteiger partial charge in [0.25, 0.3) is 0 Å². The van der Waals surface area contributed by atoms with Crippen LogP contribution in [0.4, 0.5) is 16.2 Å². The van der Waals surface area contributed by atoms with E-state index in [1.807, 2.05) is 0 Å². The van der Waals surface area contributed by atoms with E-state index in [2.05, 4.69) is 25.4 Å². The van der Waals surface area contributed by atoms with Crippen molar-refractivity contribution < 1.29 is 37.4 Å². The minimum Gasteiger partial charge on any atom is -0.462 e. The summed E-state index contributed by atoms with van der Waals surface area (Å²) < 4.78 is 54.0. The Kier molecular flexibility index (Phi) is 6.99. The van der Waals surface area contributed by atoms with E-state index in [4.69, 9.17) is 24.3 Å². The highest BCUT2D eigenvalue weighted by Crippen LogP contribution is 2.66. The van der Waals surface area contributed by atoms with Gasteiger partial charge in [-0.2, -0.15) is 15.1 Å². The molecule has 5 rings (SSSR count). The fourth-order valence-electron chi connectivity index (χ4n) is 4.72. The SMILES string of the molecule is CNc1nc(N)nc2c1ncn2[C@@H]1O[C@@H]2C(OP(=O)(N[C@@H](C)C(=O)OC(C)C)Oc3ccccc3)[C@]2(O)[C@@]1(C)F. The summed E-state index contributed by atoms with van der Waals surface area (Å²) in [5, 5.41) is 16.8. The maximum atomic E-state index is 16.4. The minimum atomic E-state index is -4.40. The second kappa shape index (κ2) is 9.93. The molecule has 2 aliphatic rings. The number of alkyl halides is 1. The largest absolute Gasteiger partial charge is 0.462 e. The van der Waals surface area contributed by atoms with Gasteiger partial charge in [-0.25, -0.2) is 13.9 Å². The average molecular weight is 580 g/mol. The fraction of sp³-hybridized carbons (Fsp3) is 0.500. The van der Waals surface area contributed by atoms with Crippen LogP contribution in [0.1, 0.15) is 33.9 Å². The standard InChI is InChI=1S/C24H31FN7O7P/c1-12(2)36-20(33)13(3)31-40(35,38-14-9-7-6-8-10-14)39-17-16-24(17,34)23(4,25)21(37-16)32-11-28-15-18(27-5)29-22(26)30-19(15)32/h6-13,16-17,21,34H,1-5H3,(H,31,35)(H3,26,27,29,30)/t13-,16+,17?,21+,23-,24-,40?/m0/s1. The topological polar surface area (TPSA) is 185 Å². The van der Waals surface area contributed by atoms with Crippen molar-refractivity contribution in [3.8, 4) is 5.75 Å². The molecule has 14 nitrogen and oxygen atoms in total. The molecule has 7 atom stereocenters. The van der Waals surface area contributed by atoms with Crippen LogP contribution in [0.2, 0.25) is 0 Å². The lowest BCUT2D eigenvalue weighted by Crippen LogP contribution is -2.45. The Morgan fingerprint density at radius 1 is 1.27 bits per heavy atom. The van der Waals surface area contributed by atoms with Gasteiger partial charge < -0.3 is 30.2 Å². The van der Waals surface area contributed by atoms with E-state index in [9.17, 15) is 14.5 Å². The van der Waals surface area contributed by atoms with Crippen molar-refractivity contribution in [2.75, 3.05) is 18.1 Å². The van der Waals surface area contributed by atoms with Gasteiger partial charge in [-0.1, -0.05) is 18.2 Å². The van der Waals surface area contributed by atoms with E-state index in [-0.39, 0.29) is 17.3 Å². The number of para-hydroxylation sites is 1. The number of nitrogens with one attached hydrogen (secondary N) is 2. The number of imidazole rings is 1. The second-order valence-electron chi connectivity index (χ2n) is 10.1. The molecule has 16 heteroatoms. The lowest BCUT2D eigenvalue weighted by molar-refractivity contribution is -0.149. The lowest BCUT2D eigenvalue weighted by Gasteiger charge is -2.31. The van der Waals surface area contributed by atoms with Gasteiger partial charge in [-0.05, 0) is 39.8 Å². The number of carbonyl (C=O) groups excluding carboxylic acids is 1.